The Morgan fingerprint density at radius 2 is 1.81 bits per heavy atom. The third-order valence-electron chi connectivity index (χ3n) is 10.5. The van der Waals surface area contributed by atoms with E-state index in [2.05, 4.69) is 0 Å². The fraction of sp³-hybridized carbons (Fsp3) is 0.643. The number of carbonyl (C=O) groups is 4. The van der Waals surface area contributed by atoms with Crippen molar-refractivity contribution in [1.82, 2.24) is 0 Å². The lowest BCUT2D eigenvalue weighted by Crippen LogP contribution is -2.75. The Bertz CT molecular complexity index is 1230. The van der Waals surface area contributed by atoms with Crippen LogP contribution in [0.5, 0.6) is 0 Å². The Morgan fingerprint density at radius 1 is 1.08 bits per heavy atom. The molecule has 8 heteroatoms. The minimum absolute atomic E-state index is 0.00882. The number of allylic oxidation sites excluding steroid dienone is 2. The number of ether oxygens (including phenoxy) is 3. The summed E-state index contributed by atoms with van der Waals surface area (Å²) in [5, 5.41) is 0. The maximum absolute atomic E-state index is 14.4. The second-order valence-electron chi connectivity index (χ2n) is 12.6. The summed E-state index contributed by atoms with van der Waals surface area (Å²) in [6, 6.07) is 1.73. The second kappa shape index (κ2) is 6.77. The van der Waals surface area contributed by atoms with E-state index in [-0.39, 0.29) is 23.9 Å². The van der Waals surface area contributed by atoms with Gasteiger partial charge in [0.15, 0.2) is 11.9 Å². The minimum Gasteiger partial charge on any atom is -0.472 e. The van der Waals surface area contributed by atoms with Gasteiger partial charge in [-0.3, -0.25) is 14.4 Å². The average Bonchev–Trinajstić information content (AvgIpc) is 3.36. The van der Waals surface area contributed by atoms with Gasteiger partial charge in [0.05, 0.1) is 12.5 Å². The zero-order valence-electron chi connectivity index (χ0n) is 21.5. The highest BCUT2D eigenvalue weighted by atomic mass is 16.7. The molecule has 0 amide bonds. The summed E-state index contributed by atoms with van der Waals surface area (Å²) >= 11 is 0. The molecule has 1 aromatic rings. The van der Waals surface area contributed by atoms with Crippen molar-refractivity contribution < 1.29 is 37.8 Å². The van der Waals surface area contributed by atoms with Gasteiger partial charge in [0.2, 0.25) is 0 Å². The molecule has 0 radical (unpaired) electrons. The molecule has 192 valence electrons. The van der Waals surface area contributed by atoms with Crippen LogP contribution in [0.3, 0.4) is 0 Å². The maximum atomic E-state index is 14.4. The van der Waals surface area contributed by atoms with Gasteiger partial charge in [0.25, 0.3) is 0 Å². The Kier molecular flexibility index (Phi) is 4.44. The van der Waals surface area contributed by atoms with E-state index in [1.807, 2.05) is 40.7 Å². The molecule has 36 heavy (non-hydrogen) atoms. The van der Waals surface area contributed by atoms with Crippen molar-refractivity contribution in [3.8, 4) is 0 Å². The molecule has 3 heterocycles. The SMILES string of the molecule is CC(=O)O[C@@H]1C[C@H]2C(C)(C)C(=O)C=C[C@]2(C)[C@H]2C(=O)C[C@]3(C)[C@H](c4ccoc4)OC(=O)[C@H]4O[C@]43[C@@]21C. The van der Waals surface area contributed by atoms with E-state index >= 15 is 0 Å². The first kappa shape index (κ1) is 23.6. The van der Waals surface area contributed by atoms with Crippen LogP contribution in [0.25, 0.3) is 0 Å². The number of hydrogen-bond acceptors (Lipinski definition) is 8. The standard InChI is InChI=1S/C28H32O8/c1-14(29)34-19-11-17-24(2,3)18(31)7-9-25(17,4)20-16(30)12-26(5)21(15-8-10-33-13-15)35-23(32)22-28(26,36-22)27(19,20)6/h7-10,13,17,19-22H,11-12H2,1-6H3/t17-,19+,20+,21-,22+,25-,26+,27+,28+/m0/s1. The van der Waals surface area contributed by atoms with Gasteiger partial charge in [-0.05, 0) is 24.5 Å². The van der Waals surface area contributed by atoms with Crippen molar-refractivity contribution in [3.05, 3.63) is 36.3 Å². The van der Waals surface area contributed by atoms with Gasteiger partial charge in [-0.1, -0.05) is 40.7 Å². The van der Waals surface area contributed by atoms with Crippen molar-refractivity contribution in [1.29, 1.82) is 0 Å². The third-order valence-corrected chi connectivity index (χ3v) is 10.5. The number of rotatable bonds is 2. The first-order valence-electron chi connectivity index (χ1n) is 12.6. The van der Waals surface area contributed by atoms with Crippen molar-refractivity contribution in [3.63, 3.8) is 0 Å². The monoisotopic (exact) mass is 496 g/mol. The van der Waals surface area contributed by atoms with Crippen LogP contribution in [0.15, 0.2) is 35.2 Å². The zero-order chi connectivity index (χ0) is 26.1. The van der Waals surface area contributed by atoms with Gasteiger partial charge in [-0.2, -0.15) is 0 Å². The van der Waals surface area contributed by atoms with E-state index in [0.29, 0.717) is 12.0 Å². The Balaban J connectivity index is 1.59. The molecule has 8 nitrogen and oxygen atoms in total. The van der Waals surface area contributed by atoms with Crippen LogP contribution in [-0.2, 0) is 33.4 Å². The first-order chi connectivity index (χ1) is 16.7. The molecule has 5 aliphatic rings. The molecule has 6 rings (SSSR count). The number of esters is 2. The number of carbonyl (C=O) groups excluding carboxylic acids is 4. The molecule has 4 fully saturated rings. The van der Waals surface area contributed by atoms with Crippen LogP contribution in [0, 0.1) is 33.5 Å². The van der Waals surface area contributed by atoms with Gasteiger partial charge < -0.3 is 18.6 Å². The number of fused-ring (bicyclic) bond motifs is 3. The third kappa shape index (κ3) is 2.44. The summed E-state index contributed by atoms with van der Waals surface area (Å²) in [5.74, 6) is -1.86. The Morgan fingerprint density at radius 3 is 2.44 bits per heavy atom. The smallest absolute Gasteiger partial charge is 0.339 e. The highest BCUT2D eigenvalue weighted by Crippen LogP contribution is 2.79. The number of epoxide rings is 1. The molecule has 0 aromatic carbocycles. The van der Waals surface area contributed by atoms with Crippen LogP contribution in [0.4, 0.5) is 0 Å². The van der Waals surface area contributed by atoms with Crippen molar-refractivity contribution in [2.24, 2.45) is 33.5 Å². The second-order valence-corrected chi connectivity index (χ2v) is 12.6. The van der Waals surface area contributed by atoms with E-state index in [1.165, 1.54) is 19.5 Å². The lowest BCUT2D eigenvalue weighted by atomic mass is 9.35. The van der Waals surface area contributed by atoms with Crippen molar-refractivity contribution in [2.45, 2.75) is 78.3 Å². The van der Waals surface area contributed by atoms with Crippen LogP contribution in [0.2, 0.25) is 0 Å². The molecule has 2 saturated heterocycles. The highest BCUT2D eigenvalue weighted by Gasteiger charge is 2.90. The zero-order valence-corrected chi connectivity index (χ0v) is 21.5. The predicted octanol–water partition coefficient (Wildman–Crippen LogP) is 3.74. The predicted molar refractivity (Wildman–Crippen MR) is 124 cm³/mol. The van der Waals surface area contributed by atoms with E-state index in [1.54, 1.807) is 12.1 Å². The molecule has 0 bridgehead atoms. The molecule has 3 aliphatic carbocycles. The quantitative estimate of drug-likeness (QED) is 0.450. The van der Waals surface area contributed by atoms with E-state index in [0.717, 1.165) is 0 Å². The van der Waals surface area contributed by atoms with E-state index < -0.39 is 63.4 Å². The Hall–Kier alpha value is -2.74. The van der Waals surface area contributed by atoms with Gasteiger partial charge in [0, 0.05) is 46.5 Å². The Labute approximate surface area is 209 Å². The molecule has 1 spiro atoms. The van der Waals surface area contributed by atoms with Gasteiger partial charge in [-0.25, -0.2) is 4.79 Å². The summed E-state index contributed by atoms with van der Waals surface area (Å²) in [6.45, 7) is 11.0. The van der Waals surface area contributed by atoms with Crippen LogP contribution in [-0.4, -0.2) is 41.3 Å². The largest absolute Gasteiger partial charge is 0.472 e. The van der Waals surface area contributed by atoms with Crippen molar-refractivity contribution >= 4 is 23.5 Å². The van der Waals surface area contributed by atoms with Crippen LogP contribution in [0.1, 0.15) is 66.1 Å². The van der Waals surface area contributed by atoms with E-state index in [4.69, 9.17) is 18.6 Å². The number of Topliss-reactive ketones (excluding diaryl/α,β-unsaturated/α-hetero) is 1. The first-order valence-corrected chi connectivity index (χ1v) is 12.6. The molecule has 0 N–H and O–H groups in total. The summed E-state index contributed by atoms with van der Waals surface area (Å²) in [4.78, 5) is 53.0. The molecule has 2 aliphatic heterocycles. The highest BCUT2D eigenvalue weighted by molar-refractivity contribution is 5.97. The summed E-state index contributed by atoms with van der Waals surface area (Å²) < 4.78 is 23.6. The molecule has 2 saturated carbocycles. The topological polar surface area (TPSA) is 112 Å². The lowest BCUT2D eigenvalue weighted by Gasteiger charge is -2.67. The fourth-order valence-electron chi connectivity index (χ4n) is 9.05. The number of ketones is 2. The molecule has 1 aromatic heterocycles. The average molecular weight is 497 g/mol. The summed E-state index contributed by atoms with van der Waals surface area (Å²) in [7, 11) is 0. The van der Waals surface area contributed by atoms with Crippen LogP contribution >= 0.6 is 0 Å². The number of furan rings is 1. The summed E-state index contributed by atoms with van der Waals surface area (Å²) in [6.07, 6.45) is 4.63. The lowest BCUT2D eigenvalue weighted by molar-refractivity contribution is -0.243. The van der Waals surface area contributed by atoms with Crippen molar-refractivity contribution in [2.75, 3.05) is 0 Å². The van der Waals surface area contributed by atoms with E-state index in [9.17, 15) is 19.2 Å². The molecule has 0 unspecified atom stereocenters. The molecular weight excluding hydrogens is 464 g/mol. The van der Waals surface area contributed by atoms with Gasteiger partial charge in [0.1, 0.15) is 23.6 Å². The minimum atomic E-state index is -1.09. The van der Waals surface area contributed by atoms with Gasteiger partial charge in [-0.15, -0.1) is 0 Å². The molecule has 9 atom stereocenters. The maximum Gasteiger partial charge on any atom is 0.339 e. The van der Waals surface area contributed by atoms with Gasteiger partial charge >= 0.3 is 11.9 Å². The molecular formula is C28H32O8. The van der Waals surface area contributed by atoms with Crippen LogP contribution < -0.4 is 0 Å². The normalized spacial score (nSPS) is 48.2. The number of hydrogen-bond donors (Lipinski definition) is 0. The number of cyclic esters (lactones) is 1. The summed E-state index contributed by atoms with van der Waals surface area (Å²) in [5.41, 5.74) is -3.84. The fourth-order valence-corrected chi connectivity index (χ4v) is 9.05.